The summed E-state index contributed by atoms with van der Waals surface area (Å²) >= 11 is 0. The molecule has 2 aromatic heterocycles. The third-order valence-electron chi connectivity index (χ3n) is 5.50. The highest BCUT2D eigenvalue weighted by molar-refractivity contribution is 7.53. The maximum absolute atomic E-state index is 14.0. The van der Waals surface area contributed by atoms with E-state index in [2.05, 4.69) is 15.0 Å². The molecule has 0 saturated carbocycles. The van der Waals surface area contributed by atoms with Gasteiger partial charge >= 0.3 is 7.60 Å². The molecule has 1 aliphatic rings. The minimum absolute atomic E-state index is 0.000934. The number of aromatic amines is 1. The van der Waals surface area contributed by atoms with E-state index in [4.69, 9.17) is 9.26 Å². The predicted molar refractivity (Wildman–Crippen MR) is 105 cm³/mol. The normalized spacial score (nSPS) is 29.0. The zero-order valence-corrected chi connectivity index (χ0v) is 17.9. The molecule has 2 aromatic rings. The highest BCUT2D eigenvalue weighted by Gasteiger charge is 2.50. The molecule has 1 saturated heterocycles. The zero-order valence-electron chi connectivity index (χ0n) is 17.0. The Morgan fingerprint density at radius 3 is 2.71 bits per heavy atom. The first-order valence-corrected chi connectivity index (χ1v) is 11.4. The minimum atomic E-state index is -4.58. The summed E-state index contributed by atoms with van der Waals surface area (Å²) in [5.41, 5.74) is -2.24. The van der Waals surface area contributed by atoms with Crippen LogP contribution in [0.15, 0.2) is 17.4 Å². The maximum atomic E-state index is 14.0. The van der Waals surface area contributed by atoms with Crippen molar-refractivity contribution < 1.29 is 38.4 Å². The maximum Gasteiger partial charge on any atom is 0.356 e. The van der Waals surface area contributed by atoms with Crippen LogP contribution in [0.3, 0.4) is 0 Å². The lowest BCUT2D eigenvalue weighted by atomic mass is 9.92. The minimum Gasteiger partial charge on any atom is -0.388 e. The molecule has 0 aromatic carbocycles. The first-order chi connectivity index (χ1) is 14.6. The van der Waals surface area contributed by atoms with Crippen LogP contribution in [0, 0.1) is 0 Å². The van der Waals surface area contributed by atoms with Gasteiger partial charge in [0.15, 0.2) is 23.2 Å². The van der Waals surface area contributed by atoms with Crippen molar-refractivity contribution in [3.8, 4) is 0 Å². The Labute approximate surface area is 176 Å². The highest BCUT2D eigenvalue weighted by Crippen LogP contribution is 2.53. The van der Waals surface area contributed by atoms with Gasteiger partial charge in [0, 0.05) is 6.42 Å². The van der Waals surface area contributed by atoms with Gasteiger partial charge in [-0.3, -0.25) is 18.5 Å². The average Bonchev–Trinajstić information content (AvgIpc) is 3.29. The van der Waals surface area contributed by atoms with E-state index in [0.717, 1.165) is 6.33 Å². The first kappa shape index (κ1) is 23.9. The Balaban J connectivity index is 1.86. The second-order valence-electron chi connectivity index (χ2n) is 7.52. The van der Waals surface area contributed by atoms with E-state index in [-0.39, 0.29) is 30.4 Å². The standard InChI is InChI=1S/C17H26FN4O8P/c1-3-10(23)31(27,28)30-17(4-2,6-18)5-9-12(24)13(25)16(29-9)22-8-21-11-14(22)19-7-20-15(11)26/h7-10,12-13,16,23-25H,3-6H2,1-2H3,(H,27,28)(H,19,20,26)/t9-,10?,12-,13-,16-,17?/m1/s1. The molecule has 3 unspecified atom stereocenters. The summed E-state index contributed by atoms with van der Waals surface area (Å²) in [6.45, 7) is 1.80. The third kappa shape index (κ3) is 4.44. The van der Waals surface area contributed by atoms with Crippen molar-refractivity contribution in [3.63, 3.8) is 0 Å². The molecule has 5 N–H and O–H groups in total. The Kier molecular flexibility index (Phi) is 6.96. The fourth-order valence-corrected chi connectivity index (χ4v) is 4.92. The van der Waals surface area contributed by atoms with Gasteiger partial charge in [0.25, 0.3) is 5.56 Å². The van der Waals surface area contributed by atoms with Gasteiger partial charge in [-0.25, -0.2) is 14.4 Å². The molecule has 0 bridgehead atoms. The number of aromatic nitrogens is 4. The molecule has 3 rings (SSSR count). The molecule has 1 aliphatic heterocycles. The van der Waals surface area contributed by atoms with Crippen molar-refractivity contribution in [1.29, 1.82) is 0 Å². The number of alkyl halides is 1. The number of aliphatic hydroxyl groups is 3. The molecule has 14 heteroatoms. The van der Waals surface area contributed by atoms with Gasteiger partial charge in [0.1, 0.15) is 24.5 Å². The van der Waals surface area contributed by atoms with Crippen molar-refractivity contribution in [2.45, 2.75) is 69.1 Å². The van der Waals surface area contributed by atoms with Gasteiger partial charge in [0.2, 0.25) is 0 Å². The van der Waals surface area contributed by atoms with Crippen LogP contribution in [-0.4, -0.2) is 76.2 Å². The molecule has 12 nitrogen and oxygen atoms in total. The van der Waals surface area contributed by atoms with Crippen LogP contribution in [0.25, 0.3) is 11.2 Å². The highest BCUT2D eigenvalue weighted by atomic mass is 31.2. The molecule has 3 heterocycles. The van der Waals surface area contributed by atoms with Gasteiger partial charge < -0.3 is 29.9 Å². The zero-order chi connectivity index (χ0) is 23.0. The summed E-state index contributed by atoms with van der Waals surface area (Å²) in [5.74, 6) is -1.70. The number of hydrogen-bond acceptors (Lipinski definition) is 9. The molecule has 174 valence electrons. The Hall–Kier alpha value is -1.73. The summed E-state index contributed by atoms with van der Waals surface area (Å²) in [6, 6.07) is 0. The van der Waals surface area contributed by atoms with Gasteiger partial charge in [0.05, 0.1) is 18.8 Å². The van der Waals surface area contributed by atoms with Gasteiger partial charge in [-0.1, -0.05) is 13.8 Å². The van der Waals surface area contributed by atoms with Crippen LogP contribution in [0.2, 0.25) is 0 Å². The molecule has 0 amide bonds. The van der Waals surface area contributed by atoms with Crippen molar-refractivity contribution in [2.24, 2.45) is 0 Å². The Morgan fingerprint density at radius 2 is 2.10 bits per heavy atom. The lowest BCUT2D eigenvalue weighted by Gasteiger charge is -2.35. The molecule has 0 radical (unpaired) electrons. The number of hydrogen-bond donors (Lipinski definition) is 5. The van der Waals surface area contributed by atoms with Crippen LogP contribution in [0.1, 0.15) is 39.3 Å². The molecule has 31 heavy (non-hydrogen) atoms. The number of fused-ring (bicyclic) bond motifs is 1. The van der Waals surface area contributed by atoms with E-state index in [1.807, 2.05) is 0 Å². The van der Waals surface area contributed by atoms with Crippen molar-refractivity contribution >= 4 is 18.8 Å². The van der Waals surface area contributed by atoms with Crippen LogP contribution < -0.4 is 5.56 Å². The number of halogens is 1. The van der Waals surface area contributed by atoms with E-state index in [0.29, 0.717) is 0 Å². The molecule has 0 spiro atoms. The SMILES string of the molecule is CCC(O)P(=O)(O)OC(CC)(CF)C[C@H]1O[C@@H](n2cnc3c(=O)[nH]cnc32)[C@H](O)[C@@H]1O. The predicted octanol–water partition coefficient (Wildman–Crippen LogP) is 0.178. The average molecular weight is 464 g/mol. The number of aliphatic hydroxyl groups excluding tert-OH is 3. The van der Waals surface area contributed by atoms with Gasteiger partial charge in [-0.15, -0.1) is 0 Å². The number of rotatable bonds is 9. The van der Waals surface area contributed by atoms with Crippen LogP contribution in [0.5, 0.6) is 0 Å². The van der Waals surface area contributed by atoms with Crippen molar-refractivity contribution in [3.05, 3.63) is 23.0 Å². The summed E-state index contributed by atoms with van der Waals surface area (Å²) < 4.78 is 38.5. The van der Waals surface area contributed by atoms with E-state index < -0.39 is 55.8 Å². The Bertz CT molecular complexity index is 1010. The monoisotopic (exact) mass is 464 g/mol. The largest absolute Gasteiger partial charge is 0.388 e. The first-order valence-electron chi connectivity index (χ1n) is 9.78. The lowest BCUT2D eigenvalue weighted by molar-refractivity contribution is -0.0778. The lowest BCUT2D eigenvalue weighted by Crippen LogP contribution is -2.42. The molecular weight excluding hydrogens is 438 g/mol. The van der Waals surface area contributed by atoms with Gasteiger partial charge in [-0.2, -0.15) is 0 Å². The fourth-order valence-electron chi connectivity index (χ4n) is 3.53. The van der Waals surface area contributed by atoms with E-state index in [1.165, 1.54) is 24.7 Å². The smallest absolute Gasteiger partial charge is 0.356 e. The Morgan fingerprint density at radius 1 is 1.39 bits per heavy atom. The number of nitrogens with zero attached hydrogens (tertiary/aromatic N) is 3. The van der Waals surface area contributed by atoms with Crippen molar-refractivity contribution in [1.82, 2.24) is 19.5 Å². The topological polar surface area (TPSA) is 180 Å². The molecular formula is C17H26FN4O8P. The fraction of sp³-hybridized carbons (Fsp3) is 0.706. The summed E-state index contributed by atoms with van der Waals surface area (Å²) in [5, 5.41) is 30.8. The van der Waals surface area contributed by atoms with E-state index in [9.17, 15) is 34.0 Å². The number of nitrogens with one attached hydrogen (secondary N) is 1. The van der Waals surface area contributed by atoms with Crippen LogP contribution in [0.4, 0.5) is 4.39 Å². The van der Waals surface area contributed by atoms with Crippen LogP contribution in [-0.2, 0) is 13.8 Å². The molecule has 1 fully saturated rings. The van der Waals surface area contributed by atoms with E-state index in [1.54, 1.807) is 0 Å². The van der Waals surface area contributed by atoms with Gasteiger partial charge in [-0.05, 0) is 12.8 Å². The third-order valence-corrected chi connectivity index (χ3v) is 7.27. The second kappa shape index (κ2) is 9.02. The quantitative estimate of drug-likeness (QED) is 0.321. The number of H-pyrrole nitrogens is 1. The molecule has 7 atom stereocenters. The molecule has 0 aliphatic carbocycles. The second-order valence-corrected chi connectivity index (χ2v) is 9.43. The van der Waals surface area contributed by atoms with E-state index >= 15 is 0 Å². The summed E-state index contributed by atoms with van der Waals surface area (Å²) in [7, 11) is -4.58. The van der Waals surface area contributed by atoms with Crippen molar-refractivity contribution in [2.75, 3.05) is 6.67 Å². The number of imidazole rings is 1. The van der Waals surface area contributed by atoms with Crippen LogP contribution >= 0.6 is 7.60 Å². The number of ether oxygens (including phenoxy) is 1. The summed E-state index contributed by atoms with van der Waals surface area (Å²) in [4.78, 5) is 32.2. The summed E-state index contributed by atoms with van der Waals surface area (Å²) in [6.07, 6.45) is -3.53.